The molecule has 2 aliphatic heterocycles. The Morgan fingerprint density at radius 1 is 1.36 bits per heavy atom. The minimum Gasteiger partial charge on any atom is -0.477 e. The molecular formula is C15H15Cl2N3O4S. The van der Waals surface area contributed by atoms with Gasteiger partial charge >= 0.3 is 5.97 Å². The lowest BCUT2D eigenvalue weighted by atomic mass is 10.0. The molecule has 134 valence electrons. The maximum Gasteiger partial charge on any atom is 0.353 e. The number of carboxylic acid groups (broad SMARTS) is 1. The van der Waals surface area contributed by atoms with Crippen LogP contribution in [0.3, 0.4) is 0 Å². The molecule has 1 fully saturated rings. The molecule has 0 unspecified atom stereocenters. The van der Waals surface area contributed by atoms with Gasteiger partial charge in [0.1, 0.15) is 23.2 Å². The third-order valence-corrected chi connectivity index (χ3v) is 5.61. The molecule has 3 atom stereocenters. The Morgan fingerprint density at radius 2 is 2.00 bits per heavy atom. The summed E-state index contributed by atoms with van der Waals surface area (Å²) in [5.41, 5.74) is 6.32. The smallest absolute Gasteiger partial charge is 0.353 e. The van der Waals surface area contributed by atoms with Gasteiger partial charge in [0.15, 0.2) is 0 Å². The molecule has 1 aromatic carbocycles. The number of carboxylic acids is 1. The number of carbonyl (C=O) groups is 3. The highest BCUT2D eigenvalue weighted by molar-refractivity contribution is 8.00. The van der Waals surface area contributed by atoms with E-state index in [9.17, 15) is 19.5 Å². The van der Waals surface area contributed by atoms with Crippen molar-refractivity contribution in [1.29, 1.82) is 0 Å². The van der Waals surface area contributed by atoms with Gasteiger partial charge in [-0.25, -0.2) is 4.79 Å². The van der Waals surface area contributed by atoms with Crippen molar-refractivity contribution in [2.75, 3.05) is 5.75 Å². The molecule has 25 heavy (non-hydrogen) atoms. The van der Waals surface area contributed by atoms with E-state index < -0.39 is 35.2 Å². The summed E-state index contributed by atoms with van der Waals surface area (Å²) in [6, 6.07) is 7.07. The fraction of sp³-hybridized carbons (Fsp3) is 0.267. The zero-order valence-corrected chi connectivity index (χ0v) is 15.1. The van der Waals surface area contributed by atoms with Crippen molar-refractivity contribution in [3.05, 3.63) is 46.6 Å². The molecule has 2 heterocycles. The number of β-lactam (4-membered cyclic amide) rings is 1. The molecule has 0 aliphatic carbocycles. The maximum absolute atomic E-state index is 12.3. The summed E-state index contributed by atoms with van der Waals surface area (Å²) in [5, 5.41) is 11.4. The molecule has 0 bridgehead atoms. The van der Waals surface area contributed by atoms with Crippen molar-refractivity contribution in [3.8, 4) is 0 Å². The lowest BCUT2D eigenvalue weighted by Crippen LogP contribution is -2.70. The van der Waals surface area contributed by atoms with Gasteiger partial charge in [0.2, 0.25) is 5.91 Å². The van der Waals surface area contributed by atoms with E-state index in [0.29, 0.717) is 5.56 Å². The van der Waals surface area contributed by atoms with Gasteiger partial charge in [-0.3, -0.25) is 14.5 Å². The number of halogens is 2. The van der Waals surface area contributed by atoms with Crippen LogP contribution >= 0.6 is 35.8 Å². The van der Waals surface area contributed by atoms with Gasteiger partial charge in [0, 0.05) is 5.75 Å². The number of hydrogen-bond donors (Lipinski definition) is 3. The molecule has 2 aliphatic rings. The first-order chi connectivity index (χ1) is 11.4. The number of fused-ring (bicyclic) bond motifs is 1. The number of thioether (sulfide) groups is 1. The number of carbonyl (C=O) groups excluding carboxylic acids is 2. The van der Waals surface area contributed by atoms with Gasteiger partial charge in [0.05, 0.1) is 5.03 Å². The summed E-state index contributed by atoms with van der Waals surface area (Å²) in [6.07, 6.45) is 0. The number of aliphatic carboxylic acids is 1. The predicted molar refractivity (Wildman–Crippen MR) is 96.2 cm³/mol. The van der Waals surface area contributed by atoms with E-state index in [2.05, 4.69) is 5.32 Å². The Balaban J connectivity index is 0.00000225. The van der Waals surface area contributed by atoms with Crippen molar-refractivity contribution in [2.24, 2.45) is 5.73 Å². The molecule has 1 saturated heterocycles. The maximum atomic E-state index is 12.3. The molecule has 0 spiro atoms. The molecule has 7 nitrogen and oxygen atoms in total. The Labute approximate surface area is 159 Å². The van der Waals surface area contributed by atoms with Crippen LogP contribution in [-0.2, 0) is 14.4 Å². The molecule has 1 aromatic rings. The van der Waals surface area contributed by atoms with Crippen LogP contribution in [0, 0.1) is 0 Å². The van der Waals surface area contributed by atoms with E-state index in [0.717, 1.165) is 4.90 Å². The first-order valence-corrected chi connectivity index (χ1v) is 8.52. The van der Waals surface area contributed by atoms with Gasteiger partial charge in [0.25, 0.3) is 5.91 Å². The van der Waals surface area contributed by atoms with Crippen molar-refractivity contribution in [3.63, 3.8) is 0 Å². The van der Waals surface area contributed by atoms with Crippen LogP contribution in [0.1, 0.15) is 11.6 Å². The van der Waals surface area contributed by atoms with E-state index >= 15 is 0 Å². The second-order valence-corrected chi connectivity index (χ2v) is 6.90. The highest BCUT2D eigenvalue weighted by atomic mass is 35.5. The zero-order valence-electron chi connectivity index (χ0n) is 12.7. The van der Waals surface area contributed by atoms with Gasteiger partial charge in [-0.05, 0) is 5.56 Å². The molecule has 4 N–H and O–H groups in total. The highest BCUT2D eigenvalue weighted by Crippen LogP contribution is 2.41. The number of amides is 2. The molecule has 3 rings (SSSR count). The van der Waals surface area contributed by atoms with Crippen LogP contribution in [0.5, 0.6) is 0 Å². The van der Waals surface area contributed by atoms with Crippen molar-refractivity contribution in [1.82, 2.24) is 10.2 Å². The average molecular weight is 404 g/mol. The number of nitrogens with zero attached hydrogens (tertiary/aromatic N) is 1. The van der Waals surface area contributed by atoms with Crippen LogP contribution in [0.15, 0.2) is 41.1 Å². The first-order valence-electron chi connectivity index (χ1n) is 7.09. The molecule has 2 amide bonds. The van der Waals surface area contributed by atoms with Crippen molar-refractivity contribution >= 4 is 53.6 Å². The lowest BCUT2D eigenvalue weighted by Gasteiger charge is -2.48. The standard InChI is InChI=1S/C15H14ClN3O4S.ClH/c16-8-6-24-14-10(13(21)19(14)11(8)15(22)23)18-12(20)9(17)7-4-2-1-3-5-7;/h1-5,9-10,14H,6,17H2,(H,18,20)(H,22,23);1H/t9-,10+,14+;/m0./s1. The molecule has 0 radical (unpaired) electrons. The van der Waals surface area contributed by atoms with Crippen LogP contribution in [0.4, 0.5) is 0 Å². The number of rotatable bonds is 4. The Hall–Kier alpha value is -1.74. The third-order valence-electron chi connectivity index (χ3n) is 3.86. The summed E-state index contributed by atoms with van der Waals surface area (Å²) in [6.45, 7) is 0. The normalized spacial score (nSPS) is 23.1. The SMILES string of the molecule is Cl.N[C@H](C(=O)N[C@@H]1C(=O)N2C(C(=O)O)=C(Cl)CS[C@H]12)c1ccccc1. The molecule has 0 saturated carbocycles. The Morgan fingerprint density at radius 3 is 2.60 bits per heavy atom. The first kappa shape index (κ1) is 19.6. The highest BCUT2D eigenvalue weighted by Gasteiger charge is 2.54. The van der Waals surface area contributed by atoms with Crippen LogP contribution in [0.2, 0.25) is 0 Å². The quantitative estimate of drug-likeness (QED) is 0.647. The summed E-state index contributed by atoms with van der Waals surface area (Å²) >= 11 is 7.20. The van der Waals surface area contributed by atoms with Crippen LogP contribution in [0.25, 0.3) is 0 Å². The lowest BCUT2D eigenvalue weighted by molar-refractivity contribution is -0.150. The van der Waals surface area contributed by atoms with Gasteiger partial charge in [-0.2, -0.15) is 0 Å². The van der Waals surface area contributed by atoms with E-state index in [1.165, 1.54) is 11.8 Å². The second kappa shape index (κ2) is 7.65. The summed E-state index contributed by atoms with van der Waals surface area (Å²) in [5.74, 6) is -1.98. The number of benzene rings is 1. The van der Waals surface area contributed by atoms with E-state index in [1.807, 2.05) is 6.07 Å². The number of nitrogens with one attached hydrogen (secondary N) is 1. The average Bonchev–Trinajstić information content (AvgIpc) is 2.59. The van der Waals surface area contributed by atoms with E-state index in [1.54, 1.807) is 24.3 Å². The van der Waals surface area contributed by atoms with E-state index in [4.69, 9.17) is 17.3 Å². The van der Waals surface area contributed by atoms with Crippen molar-refractivity contribution in [2.45, 2.75) is 17.5 Å². The number of hydrogen-bond acceptors (Lipinski definition) is 5. The van der Waals surface area contributed by atoms with Gasteiger partial charge in [-0.15, -0.1) is 24.2 Å². The Bertz CT molecular complexity index is 744. The Kier molecular flexibility index (Phi) is 5.99. The topological polar surface area (TPSA) is 113 Å². The van der Waals surface area contributed by atoms with E-state index in [-0.39, 0.29) is 28.9 Å². The molecule has 0 aromatic heterocycles. The fourth-order valence-corrected chi connectivity index (χ4v) is 4.19. The molecule has 10 heteroatoms. The van der Waals surface area contributed by atoms with Gasteiger partial charge in [-0.1, -0.05) is 41.9 Å². The van der Waals surface area contributed by atoms with Crippen molar-refractivity contribution < 1.29 is 19.5 Å². The minimum absolute atomic E-state index is 0. The third kappa shape index (κ3) is 3.48. The summed E-state index contributed by atoms with van der Waals surface area (Å²) < 4.78 is 0. The van der Waals surface area contributed by atoms with Gasteiger partial charge < -0.3 is 16.2 Å². The van der Waals surface area contributed by atoms with Crippen LogP contribution in [-0.4, -0.2) is 45.0 Å². The largest absolute Gasteiger partial charge is 0.477 e. The minimum atomic E-state index is -1.26. The zero-order chi connectivity index (χ0) is 17.4. The second-order valence-electron chi connectivity index (χ2n) is 5.34. The number of nitrogens with two attached hydrogens (primary N) is 1. The summed E-state index contributed by atoms with van der Waals surface area (Å²) in [4.78, 5) is 36.9. The monoisotopic (exact) mass is 403 g/mol. The predicted octanol–water partition coefficient (Wildman–Crippen LogP) is 1.04. The van der Waals surface area contributed by atoms with Crippen LogP contribution < -0.4 is 11.1 Å². The fourth-order valence-electron chi connectivity index (χ4n) is 2.64. The summed E-state index contributed by atoms with van der Waals surface area (Å²) in [7, 11) is 0. The molecular weight excluding hydrogens is 389 g/mol.